The summed E-state index contributed by atoms with van der Waals surface area (Å²) in [5, 5.41) is 4.40. The number of fused-ring (bicyclic) bond motifs is 6. The summed E-state index contributed by atoms with van der Waals surface area (Å²) >= 11 is 0. The summed E-state index contributed by atoms with van der Waals surface area (Å²) in [6, 6.07) is 47.3. The van der Waals surface area contributed by atoms with Crippen molar-refractivity contribution in [3.8, 4) is 45.2 Å². The number of rotatable bonds is 4. The Morgan fingerprint density at radius 1 is 0.422 bits per heavy atom. The van der Waals surface area contributed by atoms with Crippen molar-refractivity contribution in [2.45, 2.75) is 0 Å². The summed E-state index contributed by atoms with van der Waals surface area (Å²) in [6.07, 6.45) is 1.92. The highest BCUT2D eigenvalue weighted by Crippen LogP contribution is 2.37. The van der Waals surface area contributed by atoms with Gasteiger partial charge >= 0.3 is 0 Å². The molecule has 5 heteroatoms. The molecule has 0 aliphatic carbocycles. The van der Waals surface area contributed by atoms with Gasteiger partial charge in [0.15, 0.2) is 11.4 Å². The third kappa shape index (κ3) is 4.25. The number of benzene rings is 5. The van der Waals surface area contributed by atoms with Gasteiger partial charge in [-0.15, -0.1) is 0 Å². The Kier molecular flexibility index (Phi) is 5.74. The minimum Gasteiger partial charge on any atom is -0.452 e. The van der Waals surface area contributed by atoms with Crippen LogP contribution in [-0.2, 0) is 0 Å². The maximum atomic E-state index is 6.32. The molecule has 0 atom stereocenters. The molecule has 0 fully saturated rings. The minimum absolute atomic E-state index is 0.670. The zero-order valence-electron chi connectivity index (χ0n) is 24.1. The average molecular weight is 577 g/mol. The van der Waals surface area contributed by atoms with Crippen LogP contribution in [0.4, 0.5) is 0 Å². The first-order valence-electron chi connectivity index (χ1n) is 14.9. The van der Waals surface area contributed by atoms with E-state index in [-0.39, 0.29) is 0 Å². The van der Waals surface area contributed by atoms with E-state index in [4.69, 9.17) is 24.4 Å². The van der Waals surface area contributed by atoms with Crippen LogP contribution in [0.1, 0.15) is 0 Å². The Labute approximate surface area is 258 Å². The third-order valence-electron chi connectivity index (χ3n) is 8.36. The molecule has 0 saturated carbocycles. The number of pyridine rings is 2. The van der Waals surface area contributed by atoms with Crippen molar-refractivity contribution in [1.29, 1.82) is 0 Å². The highest BCUT2D eigenvalue weighted by molar-refractivity contribution is 6.10. The number of furan rings is 1. The van der Waals surface area contributed by atoms with Gasteiger partial charge < -0.3 is 4.42 Å². The van der Waals surface area contributed by atoms with Crippen LogP contribution in [0.5, 0.6) is 0 Å². The van der Waals surface area contributed by atoms with Crippen LogP contribution >= 0.6 is 0 Å². The van der Waals surface area contributed by atoms with Gasteiger partial charge in [-0.05, 0) is 35.2 Å². The molecule has 0 aliphatic rings. The topological polar surface area (TPSA) is 64.7 Å². The van der Waals surface area contributed by atoms with Crippen molar-refractivity contribution < 1.29 is 4.42 Å². The monoisotopic (exact) mass is 576 g/mol. The van der Waals surface area contributed by atoms with Gasteiger partial charge in [0.2, 0.25) is 0 Å². The van der Waals surface area contributed by atoms with Gasteiger partial charge in [0, 0.05) is 39.0 Å². The zero-order chi connectivity index (χ0) is 29.7. The number of hydrogen-bond acceptors (Lipinski definition) is 5. The molecule has 5 aromatic carbocycles. The number of hydrogen-bond donors (Lipinski definition) is 0. The van der Waals surface area contributed by atoms with Crippen LogP contribution < -0.4 is 0 Å². The van der Waals surface area contributed by atoms with Gasteiger partial charge in [0.1, 0.15) is 16.8 Å². The lowest BCUT2D eigenvalue weighted by Gasteiger charge is -2.10. The highest BCUT2D eigenvalue weighted by Gasteiger charge is 2.18. The predicted molar refractivity (Wildman–Crippen MR) is 182 cm³/mol. The van der Waals surface area contributed by atoms with Gasteiger partial charge in [0.05, 0.1) is 16.9 Å². The van der Waals surface area contributed by atoms with Gasteiger partial charge in [-0.1, -0.05) is 115 Å². The zero-order valence-corrected chi connectivity index (χ0v) is 24.1. The Hall–Kier alpha value is -6.20. The highest BCUT2D eigenvalue weighted by atomic mass is 16.3. The predicted octanol–water partition coefficient (Wildman–Crippen LogP) is 10.1. The molecular formula is C40H24N4O. The quantitative estimate of drug-likeness (QED) is 0.195. The molecule has 0 saturated heterocycles. The van der Waals surface area contributed by atoms with Crippen LogP contribution in [0.25, 0.3) is 88.9 Å². The summed E-state index contributed by atoms with van der Waals surface area (Å²) in [7, 11) is 0. The normalized spacial score (nSPS) is 11.6. The summed E-state index contributed by atoms with van der Waals surface area (Å²) in [6.45, 7) is 0. The van der Waals surface area contributed by atoms with E-state index in [0.29, 0.717) is 11.4 Å². The van der Waals surface area contributed by atoms with Gasteiger partial charge in [0.25, 0.3) is 0 Å². The lowest BCUT2D eigenvalue weighted by atomic mass is 10.0. The van der Waals surface area contributed by atoms with E-state index in [9.17, 15) is 0 Å². The maximum Gasteiger partial charge on any atom is 0.180 e. The van der Waals surface area contributed by atoms with E-state index < -0.39 is 0 Å². The second-order valence-electron chi connectivity index (χ2n) is 11.1. The van der Waals surface area contributed by atoms with E-state index in [1.807, 2.05) is 66.9 Å². The van der Waals surface area contributed by atoms with Crippen molar-refractivity contribution in [2.24, 2.45) is 0 Å². The standard InChI is InChI=1S/C40H24N4O/c1-2-10-27(11-3-1)40-43-36(39-38(44-40)32-15-7-9-17-35(32)45-39)26-20-18-25(19-21-26)28-22-23-34(41-24-28)37-31-14-5-4-12-29(31)30-13-6-8-16-33(30)42-37/h1-24H. The Balaban J connectivity index is 1.11. The van der Waals surface area contributed by atoms with E-state index >= 15 is 0 Å². The first-order valence-corrected chi connectivity index (χ1v) is 14.9. The Morgan fingerprint density at radius 2 is 1.09 bits per heavy atom. The van der Waals surface area contributed by atoms with Gasteiger partial charge in [-0.2, -0.15) is 0 Å². The molecule has 5 nitrogen and oxygen atoms in total. The number of para-hydroxylation sites is 2. The Morgan fingerprint density at radius 3 is 1.89 bits per heavy atom. The van der Waals surface area contributed by atoms with Crippen molar-refractivity contribution >= 4 is 43.7 Å². The van der Waals surface area contributed by atoms with E-state index in [2.05, 4.69) is 78.9 Å². The molecule has 0 amide bonds. The van der Waals surface area contributed by atoms with Gasteiger partial charge in [-0.25, -0.2) is 15.0 Å². The van der Waals surface area contributed by atoms with Gasteiger partial charge in [-0.3, -0.25) is 4.98 Å². The SMILES string of the molecule is c1ccc(-c2nc(-c3ccc(-c4ccc(-c5nc6ccccc6c6ccccc56)nc4)cc3)c3oc4ccccc4c3n2)cc1. The molecule has 45 heavy (non-hydrogen) atoms. The van der Waals surface area contributed by atoms with Crippen LogP contribution in [0.15, 0.2) is 150 Å². The summed E-state index contributed by atoms with van der Waals surface area (Å²) in [4.78, 5) is 19.8. The van der Waals surface area contributed by atoms with Crippen molar-refractivity contribution in [1.82, 2.24) is 19.9 Å². The third-order valence-corrected chi connectivity index (χ3v) is 8.36. The molecule has 4 heterocycles. The van der Waals surface area contributed by atoms with Crippen molar-refractivity contribution in [3.63, 3.8) is 0 Å². The second kappa shape index (κ2) is 10.2. The number of nitrogens with zero attached hydrogens (tertiary/aromatic N) is 4. The molecule has 0 spiro atoms. The Bertz CT molecular complexity index is 2520. The largest absolute Gasteiger partial charge is 0.452 e. The molecule has 0 radical (unpaired) electrons. The molecule has 0 aliphatic heterocycles. The summed E-state index contributed by atoms with van der Waals surface area (Å²) in [5.74, 6) is 0.670. The molecule has 0 bridgehead atoms. The number of aromatic nitrogens is 4. The van der Waals surface area contributed by atoms with E-state index in [1.54, 1.807) is 0 Å². The fourth-order valence-corrected chi connectivity index (χ4v) is 6.13. The molecule has 0 N–H and O–H groups in total. The molecule has 9 aromatic rings. The van der Waals surface area contributed by atoms with Crippen LogP contribution in [0.3, 0.4) is 0 Å². The molecule has 210 valence electrons. The molecule has 9 rings (SSSR count). The van der Waals surface area contributed by atoms with Crippen molar-refractivity contribution in [3.05, 3.63) is 146 Å². The molecule has 0 unspecified atom stereocenters. The summed E-state index contributed by atoms with van der Waals surface area (Å²) < 4.78 is 6.32. The van der Waals surface area contributed by atoms with Crippen LogP contribution in [0, 0.1) is 0 Å². The van der Waals surface area contributed by atoms with Crippen molar-refractivity contribution in [2.75, 3.05) is 0 Å². The lowest BCUT2D eigenvalue weighted by molar-refractivity contribution is 0.667. The maximum absolute atomic E-state index is 6.32. The van der Waals surface area contributed by atoms with E-state index in [0.717, 1.165) is 72.1 Å². The first-order chi connectivity index (χ1) is 22.3. The average Bonchev–Trinajstić information content (AvgIpc) is 3.50. The molecule has 4 aromatic heterocycles. The van der Waals surface area contributed by atoms with E-state index in [1.165, 1.54) is 5.39 Å². The first kappa shape index (κ1) is 25.3. The molecular weight excluding hydrogens is 552 g/mol. The van der Waals surface area contributed by atoms with Crippen LogP contribution in [0.2, 0.25) is 0 Å². The summed E-state index contributed by atoms with van der Waals surface area (Å²) in [5.41, 5.74) is 9.77. The minimum atomic E-state index is 0.670. The fourth-order valence-electron chi connectivity index (χ4n) is 6.13. The lowest BCUT2D eigenvalue weighted by Crippen LogP contribution is -1.94. The second-order valence-corrected chi connectivity index (χ2v) is 11.1. The van der Waals surface area contributed by atoms with Crippen LogP contribution in [-0.4, -0.2) is 19.9 Å². The fraction of sp³-hybridized carbons (Fsp3) is 0. The smallest absolute Gasteiger partial charge is 0.180 e.